The van der Waals surface area contributed by atoms with Gasteiger partial charge in [0, 0.05) is 5.56 Å². The highest BCUT2D eigenvalue weighted by molar-refractivity contribution is 6.02. The summed E-state index contributed by atoms with van der Waals surface area (Å²) in [6, 6.07) is 15.9. The molecule has 0 fully saturated rings. The van der Waals surface area contributed by atoms with E-state index < -0.39 is 0 Å². The second kappa shape index (κ2) is 8.85. The lowest BCUT2D eigenvalue weighted by Crippen LogP contribution is -2.20. The van der Waals surface area contributed by atoms with E-state index in [-0.39, 0.29) is 11.7 Å². The summed E-state index contributed by atoms with van der Waals surface area (Å²) in [5, 5.41) is 20.5. The molecule has 0 atom stereocenters. The molecule has 0 bridgehead atoms. The molecule has 0 aliphatic carbocycles. The van der Waals surface area contributed by atoms with Gasteiger partial charge >= 0.3 is 0 Å². The summed E-state index contributed by atoms with van der Waals surface area (Å²) in [6.45, 7) is 4.45. The van der Waals surface area contributed by atoms with Crippen molar-refractivity contribution in [2.75, 3.05) is 6.61 Å². The fraction of sp³-hybridized carbons (Fsp3) is 0.190. The molecule has 0 saturated carbocycles. The standard InChI is InChI=1S/C21H22N4O3/c1-3-18(14-8-10-16(26)11-9-14)22-25-21(27)20-13-19(23-24-20)15-6-5-7-17(12-15)28-4-2/h5-13,26H,3-4H2,1-2H3,(H,23,24)(H,25,27)/b22-18+. The number of aromatic hydroxyl groups is 1. The predicted molar refractivity (Wildman–Crippen MR) is 108 cm³/mol. The van der Waals surface area contributed by atoms with Crippen LogP contribution in [0.1, 0.15) is 36.3 Å². The van der Waals surface area contributed by atoms with Gasteiger partial charge in [-0.3, -0.25) is 9.89 Å². The van der Waals surface area contributed by atoms with Crippen molar-refractivity contribution in [2.24, 2.45) is 5.10 Å². The Bertz CT molecular complexity index is 977. The molecule has 0 aliphatic rings. The number of phenols is 1. The third-order valence-electron chi connectivity index (χ3n) is 4.09. The van der Waals surface area contributed by atoms with Crippen molar-refractivity contribution in [3.63, 3.8) is 0 Å². The second-order valence-corrected chi connectivity index (χ2v) is 6.03. The molecule has 1 amide bonds. The molecular weight excluding hydrogens is 356 g/mol. The number of nitrogens with one attached hydrogen (secondary N) is 2. The van der Waals surface area contributed by atoms with Gasteiger partial charge in [0.05, 0.1) is 18.0 Å². The van der Waals surface area contributed by atoms with Gasteiger partial charge < -0.3 is 9.84 Å². The maximum absolute atomic E-state index is 12.4. The first-order valence-electron chi connectivity index (χ1n) is 9.05. The van der Waals surface area contributed by atoms with E-state index in [0.29, 0.717) is 30.1 Å². The normalized spacial score (nSPS) is 11.3. The molecule has 0 aliphatic heterocycles. The van der Waals surface area contributed by atoms with Gasteiger partial charge in [-0.1, -0.05) is 19.1 Å². The van der Waals surface area contributed by atoms with Crippen molar-refractivity contribution in [2.45, 2.75) is 20.3 Å². The lowest BCUT2D eigenvalue weighted by molar-refractivity contribution is 0.0950. The minimum atomic E-state index is -0.385. The van der Waals surface area contributed by atoms with E-state index in [4.69, 9.17) is 4.74 Å². The van der Waals surface area contributed by atoms with Gasteiger partial charge in [-0.25, -0.2) is 5.43 Å². The van der Waals surface area contributed by atoms with E-state index in [9.17, 15) is 9.90 Å². The van der Waals surface area contributed by atoms with E-state index in [2.05, 4.69) is 20.7 Å². The van der Waals surface area contributed by atoms with Crippen LogP contribution < -0.4 is 10.2 Å². The minimum absolute atomic E-state index is 0.182. The molecule has 144 valence electrons. The number of amides is 1. The monoisotopic (exact) mass is 378 g/mol. The Balaban J connectivity index is 1.73. The summed E-state index contributed by atoms with van der Waals surface area (Å²) in [5.41, 5.74) is 5.89. The fourth-order valence-corrected chi connectivity index (χ4v) is 2.68. The molecule has 0 radical (unpaired) electrons. The molecule has 3 aromatic rings. The molecule has 7 heteroatoms. The zero-order valence-corrected chi connectivity index (χ0v) is 15.8. The highest BCUT2D eigenvalue weighted by Gasteiger charge is 2.12. The highest BCUT2D eigenvalue weighted by atomic mass is 16.5. The van der Waals surface area contributed by atoms with Crippen LogP contribution in [0, 0.1) is 0 Å². The number of benzene rings is 2. The van der Waals surface area contributed by atoms with Gasteiger partial charge in [-0.2, -0.15) is 10.2 Å². The molecule has 3 N–H and O–H groups in total. The van der Waals surface area contributed by atoms with E-state index in [1.165, 1.54) is 0 Å². The summed E-state index contributed by atoms with van der Waals surface area (Å²) in [5.74, 6) is 0.547. The van der Waals surface area contributed by atoms with Crippen LogP contribution in [-0.4, -0.2) is 33.5 Å². The SMILES string of the molecule is CCOc1cccc(-c2cc(C(=O)N/N=C(\CC)c3ccc(O)cc3)[nH]n2)c1. The Labute approximate surface area is 163 Å². The van der Waals surface area contributed by atoms with Crippen molar-refractivity contribution in [3.8, 4) is 22.8 Å². The van der Waals surface area contributed by atoms with Crippen molar-refractivity contribution >= 4 is 11.6 Å². The van der Waals surface area contributed by atoms with Crippen molar-refractivity contribution < 1.29 is 14.6 Å². The maximum atomic E-state index is 12.4. The van der Waals surface area contributed by atoms with Crippen LogP contribution in [0.2, 0.25) is 0 Å². The Morgan fingerprint density at radius 1 is 1.18 bits per heavy atom. The Morgan fingerprint density at radius 2 is 1.96 bits per heavy atom. The second-order valence-electron chi connectivity index (χ2n) is 6.03. The highest BCUT2D eigenvalue weighted by Crippen LogP contribution is 2.22. The molecule has 28 heavy (non-hydrogen) atoms. The van der Waals surface area contributed by atoms with Gasteiger partial charge in [-0.05, 0) is 61.4 Å². The predicted octanol–water partition coefficient (Wildman–Crippen LogP) is 3.73. The van der Waals surface area contributed by atoms with Crippen LogP contribution in [0.5, 0.6) is 11.5 Å². The average Bonchev–Trinajstić information content (AvgIpc) is 3.20. The van der Waals surface area contributed by atoms with Crippen LogP contribution in [0.3, 0.4) is 0 Å². The topological polar surface area (TPSA) is 99.6 Å². The van der Waals surface area contributed by atoms with E-state index in [0.717, 1.165) is 16.9 Å². The number of aromatic amines is 1. The number of ether oxygens (including phenoxy) is 1. The van der Waals surface area contributed by atoms with Crippen molar-refractivity contribution in [3.05, 3.63) is 65.9 Å². The Hall–Kier alpha value is -3.61. The first-order valence-corrected chi connectivity index (χ1v) is 9.05. The van der Waals surface area contributed by atoms with Gasteiger partial charge in [0.1, 0.15) is 17.2 Å². The van der Waals surface area contributed by atoms with E-state index >= 15 is 0 Å². The summed E-state index contributed by atoms with van der Waals surface area (Å²) < 4.78 is 5.50. The van der Waals surface area contributed by atoms with Crippen LogP contribution in [0.25, 0.3) is 11.3 Å². The molecule has 1 heterocycles. The van der Waals surface area contributed by atoms with Gasteiger partial charge in [0.25, 0.3) is 5.91 Å². The number of rotatable bonds is 7. The molecule has 0 spiro atoms. The van der Waals surface area contributed by atoms with Gasteiger partial charge in [-0.15, -0.1) is 0 Å². The summed E-state index contributed by atoms with van der Waals surface area (Å²) in [7, 11) is 0. The third-order valence-corrected chi connectivity index (χ3v) is 4.09. The smallest absolute Gasteiger partial charge is 0.289 e. The van der Waals surface area contributed by atoms with Crippen LogP contribution in [0.15, 0.2) is 59.7 Å². The third kappa shape index (κ3) is 4.56. The lowest BCUT2D eigenvalue weighted by atomic mass is 10.1. The number of carbonyl (C=O) groups excluding carboxylic acids is 1. The lowest BCUT2D eigenvalue weighted by Gasteiger charge is -2.05. The average molecular weight is 378 g/mol. The molecule has 3 rings (SSSR count). The number of nitrogens with zero attached hydrogens (tertiary/aromatic N) is 2. The zero-order valence-electron chi connectivity index (χ0n) is 15.8. The maximum Gasteiger partial charge on any atom is 0.289 e. The molecule has 1 aromatic heterocycles. The fourth-order valence-electron chi connectivity index (χ4n) is 2.68. The van der Waals surface area contributed by atoms with Crippen molar-refractivity contribution in [1.82, 2.24) is 15.6 Å². The first kappa shape index (κ1) is 19.2. The van der Waals surface area contributed by atoms with Crippen LogP contribution in [0.4, 0.5) is 0 Å². The zero-order chi connectivity index (χ0) is 19.9. The quantitative estimate of drug-likeness (QED) is 0.431. The summed E-state index contributed by atoms with van der Waals surface area (Å²) in [4.78, 5) is 12.4. The Kier molecular flexibility index (Phi) is 6.06. The number of hydrogen-bond acceptors (Lipinski definition) is 5. The number of carbonyl (C=O) groups is 1. The van der Waals surface area contributed by atoms with Gasteiger partial charge in [0.15, 0.2) is 0 Å². The minimum Gasteiger partial charge on any atom is -0.508 e. The van der Waals surface area contributed by atoms with Gasteiger partial charge in [0.2, 0.25) is 0 Å². The molecular formula is C21H22N4O3. The summed E-state index contributed by atoms with van der Waals surface area (Å²) >= 11 is 0. The number of aromatic nitrogens is 2. The van der Waals surface area contributed by atoms with E-state index in [1.807, 2.05) is 38.1 Å². The molecule has 2 aromatic carbocycles. The largest absolute Gasteiger partial charge is 0.508 e. The van der Waals surface area contributed by atoms with E-state index in [1.54, 1.807) is 30.3 Å². The molecule has 7 nitrogen and oxygen atoms in total. The number of hydrogen-bond donors (Lipinski definition) is 3. The Morgan fingerprint density at radius 3 is 2.68 bits per heavy atom. The van der Waals surface area contributed by atoms with Crippen molar-refractivity contribution in [1.29, 1.82) is 0 Å². The molecule has 0 saturated heterocycles. The molecule has 0 unspecified atom stereocenters. The van der Waals surface area contributed by atoms with Crippen LogP contribution in [-0.2, 0) is 0 Å². The number of hydrazone groups is 1. The first-order chi connectivity index (χ1) is 13.6. The number of H-pyrrole nitrogens is 1. The van der Waals surface area contributed by atoms with Crippen LogP contribution >= 0.6 is 0 Å². The summed E-state index contributed by atoms with van der Waals surface area (Å²) in [6.07, 6.45) is 0.628. The number of phenolic OH excluding ortho intramolecular Hbond substituents is 1.